The summed E-state index contributed by atoms with van der Waals surface area (Å²) in [5.74, 6) is -2.83. The Hall–Kier alpha value is -2.11. The van der Waals surface area contributed by atoms with E-state index < -0.39 is 29.5 Å². The van der Waals surface area contributed by atoms with Crippen molar-refractivity contribution in [2.24, 2.45) is 11.8 Å². The van der Waals surface area contributed by atoms with Crippen LogP contribution in [-0.2, 0) is 14.3 Å². The molecule has 2 fully saturated rings. The number of amides is 1. The first-order chi connectivity index (χ1) is 11.8. The lowest BCUT2D eigenvalue weighted by atomic mass is 9.74. The fraction of sp³-hybridized carbons (Fsp3) is 0.368. The summed E-state index contributed by atoms with van der Waals surface area (Å²) >= 11 is 6.11. The van der Waals surface area contributed by atoms with Crippen molar-refractivity contribution in [3.05, 3.63) is 53.6 Å². The summed E-state index contributed by atoms with van der Waals surface area (Å²) in [5, 5.41) is 10.2. The van der Waals surface area contributed by atoms with Crippen molar-refractivity contribution in [2.75, 3.05) is 4.90 Å². The predicted molar refractivity (Wildman–Crippen MR) is 93.5 cm³/mol. The number of fused-ring (bicyclic) bond motifs is 1. The van der Waals surface area contributed by atoms with Crippen LogP contribution in [0.5, 0.6) is 0 Å². The predicted octanol–water partition coefficient (Wildman–Crippen LogP) is 3.05. The molecule has 1 N–H and O–H groups in total. The fourth-order valence-corrected chi connectivity index (χ4v) is 4.63. The molecule has 1 aromatic carbocycles. The third kappa shape index (κ3) is 2.19. The first-order valence-electron chi connectivity index (χ1n) is 8.18. The number of rotatable bonds is 4. The van der Waals surface area contributed by atoms with Gasteiger partial charge in [-0.05, 0) is 31.5 Å². The van der Waals surface area contributed by atoms with Crippen LogP contribution in [0.4, 0.5) is 5.69 Å². The highest BCUT2D eigenvalue weighted by Gasteiger charge is 2.71. The van der Waals surface area contributed by atoms with E-state index in [1.165, 1.54) is 0 Å². The summed E-state index contributed by atoms with van der Waals surface area (Å²) in [6.45, 7) is 5.87. The maximum atomic E-state index is 13.3. The van der Waals surface area contributed by atoms with Crippen LogP contribution in [0.15, 0.2) is 48.6 Å². The van der Waals surface area contributed by atoms with E-state index in [2.05, 4.69) is 6.58 Å². The topological polar surface area (TPSA) is 66.8 Å². The molecule has 25 heavy (non-hydrogen) atoms. The van der Waals surface area contributed by atoms with Gasteiger partial charge in [-0.25, -0.2) is 0 Å². The SMILES string of the molecule is C=C(C)C[C@@H]1N(c2cccc(Cl)c2)C(=O)[C@H]2[C@@H](C(=O)O)[C@H]3C=C[C@@]12O3. The first kappa shape index (κ1) is 16.4. The molecule has 2 saturated heterocycles. The molecule has 0 radical (unpaired) electrons. The quantitative estimate of drug-likeness (QED) is 0.839. The first-order valence-corrected chi connectivity index (χ1v) is 8.56. The highest BCUT2D eigenvalue weighted by molar-refractivity contribution is 6.31. The average molecular weight is 360 g/mol. The molecule has 1 amide bonds. The molecular formula is C19H18ClNO4. The van der Waals surface area contributed by atoms with Crippen LogP contribution < -0.4 is 4.90 Å². The largest absolute Gasteiger partial charge is 0.481 e. The maximum absolute atomic E-state index is 13.3. The normalized spacial score (nSPS) is 35.3. The zero-order chi connectivity index (χ0) is 17.9. The molecule has 6 heteroatoms. The van der Waals surface area contributed by atoms with Crippen molar-refractivity contribution >= 4 is 29.2 Å². The monoisotopic (exact) mass is 359 g/mol. The second-order valence-electron chi connectivity index (χ2n) is 7.00. The number of aliphatic carboxylic acids is 1. The van der Waals surface area contributed by atoms with E-state index >= 15 is 0 Å². The van der Waals surface area contributed by atoms with Crippen LogP contribution in [0, 0.1) is 11.8 Å². The van der Waals surface area contributed by atoms with Gasteiger partial charge in [0.1, 0.15) is 11.5 Å². The lowest BCUT2D eigenvalue weighted by molar-refractivity contribution is -0.146. The Labute approximate surface area is 150 Å². The Bertz CT molecular complexity index is 819. The second-order valence-corrected chi connectivity index (χ2v) is 7.44. The minimum absolute atomic E-state index is 0.229. The molecule has 130 valence electrons. The molecule has 3 heterocycles. The van der Waals surface area contributed by atoms with Crippen molar-refractivity contribution in [3.63, 3.8) is 0 Å². The van der Waals surface area contributed by atoms with Crippen LogP contribution >= 0.6 is 11.6 Å². The van der Waals surface area contributed by atoms with Gasteiger partial charge in [0, 0.05) is 10.7 Å². The Morgan fingerprint density at radius 1 is 1.48 bits per heavy atom. The van der Waals surface area contributed by atoms with Crippen molar-refractivity contribution in [1.29, 1.82) is 0 Å². The summed E-state index contributed by atoms with van der Waals surface area (Å²) in [5.41, 5.74) is 0.628. The Morgan fingerprint density at radius 2 is 2.24 bits per heavy atom. The van der Waals surface area contributed by atoms with Gasteiger partial charge in [0.2, 0.25) is 5.91 Å². The van der Waals surface area contributed by atoms with Crippen molar-refractivity contribution in [2.45, 2.75) is 31.1 Å². The number of hydrogen-bond donors (Lipinski definition) is 1. The molecule has 0 aromatic heterocycles. The van der Waals surface area contributed by atoms with Gasteiger partial charge in [-0.1, -0.05) is 35.4 Å². The molecular weight excluding hydrogens is 342 g/mol. The van der Waals surface area contributed by atoms with Crippen molar-refractivity contribution in [3.8, 4) is 0 Å². The van der Waals surface area contributed by atoms with Crippen molar-refractivity contribution in [1.82, 2.24) is 0 Å². The Kier molecular flexibility index (Phi) is 3.56. The van der Waals surface area contributed by atoms with Gasteiger partial charge in [0.05, 0.1) is 18.1 Å². The van der Waals surface area contributed by atoms with E-state index in [1.54, 1.807) is 35.2 Å². The number of ether oxygens (including phenoxy) is 1. The summed E-state index contributed by atoms with van der Waals surface area (Å²) in [6.07, 6.45) is 3.62. The summed E-state index contributed by atoms with van der Waals surface area (Å²) in [6, 6.07) is 6.69. The number of hydrogen-bond acceptors (Lipinski definition) is 3. The number of carboxylic acid groups (broad SMARTS) is 1. The zero-order valence-corrected chi connectivity index (χ0v) is 14.4. The van der Waals surface area contributed by atoms with Gasteiger partial charge in [0.15, 0.2) is 0 Å². The molecule has 0 saturated carbocycles. The maximum Gasteiger partial charge on any atom is 0.310 e. The highest BCUT2D eigenvalue weighted by atomic mass is 35.5. The molecule has 3 aliphatic rings. The number of carbonyl (C=O) groups excluding carboxylic acids is 1. The molecule has 1 spiro atoms. The number of halogens is 1. The van der Waals surface area contributed by atoms with E-state index in [9.17, 15) is 14.7 Å². The number of anilines is 1. The Morgan fingerprint density at radius 3 is 2.88 bits per heavy atom. The standard InChI is InChI=1S/C19H18ClNO4/c1-10(2)8-14-19-7-6-13(25-19)15(18(23)24)16(19)17(22)21(14)12-5-3-4-11(20)9-12/h3-7,9,13-16H,1,8H2,2H3,(H,23,24)/t13-,14+,15+,16-,19-/m1/s1. The van der Waals surface area contributed by atoms with Gasteiger partial charge >= 0.3 is 5.97 Å². The van der Waals surface area contributed by atoms with E-state index in [-0.39, 0.29) is 11.9 Å². The van der Waals surface area contributed by atoms with E-state index in [4.69, 9.17) is 16.3 Å². The molecule has 0 aliphatic carbocycles. The van der Waals surface area contributed by atoms with Gasteiger partial charge < -0.3 is 14.7 Å². The number of carbonyl (C=O) groups is 2. The van der Waals surface area contributed by atoms with Gasteiger partial charge in [-0.2, -0.15) is 0 Å². The van der Waals surface area contributed by atoms with Crippen LogP contribution in [0.2, 0.25) is 5.02 Å². The second kappa shape index (κ2) is 5.44. The molecule has 1 aromatic rings. The van der Waals surface area contributed by atoms with Crippen LogP contribution in [-0.4, -0.2) is 34.7 Å². The highest BCUT2D eigenvalue weighted by Crippen LogP contribution is 2.56. The summed E-state index contributed by atoms with van der Waals surface area (Å²) < 4.78 is 6.10. The molecule has 3 aliphatic heterocycles. The molecule has 2 bridgehead atoms. The van der Waals surface area contributed by atoms with Gasteiger partial charge in [-0.15, -0.1) is 6.58 Å². The average Bonchev–Trinajstić information content (AvgIpc) is 3.16. The molecule has 4 rings (SSSR count). The third-order valence-electron chi connectivity index (χ3n) is 5.34. The summed E-state index contributed by atoms with van der Waals surface area (Å²) in [7, 11) is 0. The van der Waals surface area contributed by atoms with Crippen LogP contribution in [0.1, 0.15) is 13.3 Å². The lowest BCUT2D eigenvalue weighted by Crippen LogP contribution is -2.45. The summed E-state index contributed by atoms with van der Waals surface area (Å²) in [4.78, 5) is 26.7. The molecule has 0 unspecified atom stereocenters. The molecule has 5 atom stereocenters. The Balaban J connectivity index is 1.85. The van der Waals surface area contributed by atoms with E-state index in [1.807, 2.05) is 13.0 Å². The minimum atomic E-state index is -1.00. The van der Waals surface area contributed by atoms with Crippen LogP contribution in [0.25, 0.3) is 0 Å². The third-order valence-corrected chi connectivity index (χ3v) is 5.57. The molecule has 5 nitrogen and oxygen atoms in total. The van der Waals surface area contributed by atoms with E-state index in [0.29, 0.717) is 17.1 Å². The van der Waals surface area contributed by atoms with Gasteiger partial charge in [-0.3, -0.25) is 9.59 Å². The van der Waals surface area contributed by atoms with Gasteiger partial charge in [0.25, 0.3) is 0 Å². The lowest BCUT2D eigenvalue weighted by Gasteiger charge is -2.33. The number of nitrogens with zero attached hydrogens (tertiary/aromatic N) is 1. The van der Waals surface area contributed by atoms with Crippen LogP contribution in [0.3, 0.4) is 0 Å². The van der Waals surface area contributed by atoms with E-state index in [0.717, 1.165) is 5.57 Å². The minimum Gasteiger partial charge on any atom is -0.481 e. The zero-order valence-electron chi connectivity index (χ0n) is 13.7. The number of carboxylic acids is 1. The smallest absolute Gasteiger partial charge is 0.310 e. The number of benzene rings is 1. The fourth-order valence-electron chi connectivity index (χ4n) is 4.45. The van der Waals surface area contributed by atoms with Crippen molar-refractivity contribution < 1.29 is 19.4 Å².